The molecule has 2 bridgehead atoms. The minimum absolute atomic E-state index is 0.126. The normalized spacial score (nSPS) is 30.2. The van der Waals surface area contributed by atoms with Crippen molar-refractivity contribution in [3.63, 3.8) is 0 Å². The Morgan fingerprint density at radius 1 is 1.04 bits per heavy atom. The molecule has 1 aromatic carbocycles. The lowest BCUT2D eigenvalue weighted by atomic mass is 9.66. The van der Waals surface area contributed by atoms with Crippen molar-refractivity contribution in [1.82, 2.24) is 15.5 Å². The zero-order chi connectivity index (χ0) is 36.4. The fourth-order valence-corrected chi connectivity index (χ4v) is 7.52. The first-order chi connectivity index (χ1) is 22.9. The summed E-state index contributed by atoms with van der Waals surface area (Å²) in [7, 11) is 3.90. The Hall–Kier alpha value is -2.64. The van der Waals surface area contributed by atoms with Crippen LogP contribution in [0.4, 0.5) is 0 Å². The summed E-state index contributed by atoms with van der Waals surface area (Å²) in [6, 6.07) is 8.31. The number of nitrogens with zero attached hydrogens (tertiary/aromatic N) is 1. The molecule has 0 aromatic heterocycles. The second-order valence-corrected chi connectivity index (χ2v) is 15.3. The molecule has 6 N–H and O–H groups in total. The van der Waals surface area contributed by atoms with Gasteiger partial charge in [-0.05, 0) is 84.5 Å². The predicted molar refractivity (Wildman–Crippen MR) is 187 cm³/mol. The average Bonchev–Trinajstić information content (AvgIpc) is 3.46. The van der Waals surface area contributed by atoms with Crippen molar-refractivity contribution >= 4 is 11.8 Å². The van der Waals surface area contributed by atoms with Gasteiger partial charge >= 0.3 is 0 Å². The third-order valence-electron chi connectivity index (χ3n) is 11.2. The topological polar surface area (TPSA) is 161 Å². The van der Waals surface area contributed by atoms with E-state index in [9.17, 15) is 30.0 Å². The summed E-state index contributed by atoms with van der Waals surface area (Å²) in [4.78, 5) is 27.9. The third-order valence-corrected chi connectivity index (χ3v) is 11.2. The lowest BCUT2D eigenvalue weighted by molar-refractivity contribution is -0.367. The number of rotatable bonds is 15. The molecule has 2 fully saturated rings. The molecular formula is C38H59N3O8. The van der Waals surface area contributed by atoms with Crippen molar-refractivity contribution in [1.29, 1.82) is 0 Å². The fourth-order valence-electron chi connectivity index (χ4n) is 7.52. The summed E-state index contributed by atoms with van der Waals surface area (Å²) in [6.07, 6.45) is 3.12. The van der Waals surface area contributed by atoms with E-state index < -0.39 is 46.3 Å². The van der Waals surface area contributed by atoms with E-state index in [0.717, 1.165) is 35.2 Å². The molecular weight excluding hydrogens is 626 g/mol. The Balaban J connectivity index is 1.36. The molecule has 11 heteroatoms. The molecule has 1 aliphatic carbocycles. The largest absolute Gasteiger partial charge is 0.387 e. The predicted octanol–water partition coefficient (Wildman–Crippen LogP) is 2.54. The van der Waals surface area contributed by atoms with E-state index in [2.05, 4.69) is 34.9 Å². The monoisotopic (exact) mass is 685 g/mol. The minimum atomic E-state index is -1.67. The van der Waals surface area contributed by atoms with Crippen LogP contribution in [0.1, 0.15) is 84.8 Å². The zero-order valence-corrected chi connectivity index (χ0v) is 30.6. The number of allylic oxidation sites excluding steroid dienone is 3. The summed E-state index contributed by atoms with van der Waals surface area (Å²) in [5.41, 5.74) is -0.564. The first-order valence-electron chi connectivity index (χ1n) is 17.7. The van der Waals surface area contributed by atoms with Crippen LogP contribution in [-0.4, -0.2) is 112 Å². The number of hydrogen-bond acceptors (Lipinski definition) is 9. The highest BCUT2D eigenvalue weighted by molar-refractivity contribution is 5.91. The van der Waals surface area contributed by atoms with Crippen LogP contribution in [-0.2, 0) is 31.9 Å². The highest BCUT2D eigenvalue weighted by atomic mass is 16.8. The molecule has 1 aromatic rings. The highest BCUT2D eigenvalue weighted by Crippen LogP contribution is 2.58. The van der Waals surface area contributed by atoms with Crippen molar-refractivity contribution in [3.05, 3.63) is 58.7 Å². The maximum Gasteiger partial charge on any atom is 0.245 e. The van der Waals surface area contributed by atoms with Gasteiger partial charge < -0.3 is 45.4 Å². The van der Waals surface area contributed by atoms with E-state index in [1.807, 2.05) is 58.8 Å². The molecule has 0 spiro atoms. The summed E-state index contributed by atoms with van der Waals surface area (Å²) in [5.74, 6) is -1.94. The molecule has 2 heterocycles. The van der Waals surface area contributed by atoms with E-state index in [-0.39, 0.29) is 18.4 Å². The number of likely N-dealkylation sites (N-methyl/N-ethyl adjacent to an activating group) is 1. The Bertz CT molecular complexity index is 1400. The van der Waals surface area contributed by atoms with Gasteiger partial charge in [0.05, 0.1) is 12.2 Å². The molecule has 4 rings (SSSR count). The second-order valence-electron chi connectivity index (χ2n) is 15.3. The van der Waals surface area contributed by atoms with Crippen LogP contribution < -0.4 is 10.6 Å². The number of aliphatic hydroxyl groups is 4. The van der Waals surface area contributed by atoms with Gasteiger partial charge in [-0.1, -0.05) is 68.3 Å². The number of carbonyl (C=O) groups excluding carboxylic acids is 2. The van der Waals surface area contributed by atoms with Crippen molar-refractivity contribution in [2.75, 3.05) is 33.8 Å². The van der Waals surface area contributed by atoms with E-state index >= 15 is 0 Å². The highest BCUT2D eigenvalue weighted by Gasteiger charge is 2.74. The summed E-state index contributed by atoms with van der Waals surface area (Å²) in [5, 5.41) is 50.1. The number of fused-ring (bicyclic) bond motifs is 2. The first-order valence-corrected chi connectivity index (χ1v) is 17.7. The molecule has 49 heavy (non-hydrogen) atoms. The van der Waals surface area contributed by atoms with E-state index in [0.29, 0.717) is 45.1 Å². The van der Waals surface area contributed by atoms with Crippen molar-refractivity contribution in [2.24, 2.45) is 5.41 Å². The SMILES string of the molecule is CCC(CC)(NC(=O)CCCc1ccc(CC2=C(C)C=CC(C)([C@]34OC[C@](C(C)(C)O)(O3)[C@@H](O)[C@H](O)[C@H]4O)C2)cc1)C(=O)NCCN(C)C. The van der Waals surface area contributed by atoms with E-state index in [1.54, 1.807) is 0 Å². The van der Waals surface area contributed by atoms with Gasteiger partial charge in [-0.15, -0.1) is 0 Å². The molecule has 2 saturated heterocycles. The second kappa shape index (κ2) is 14.9. The number of amides is 2. The van der Waals surface area contributed by atoms with Gasteiger partial charge in [0.1, 0.15) is 23.9 Å². The maximum atomic E-state index is 13.0. The van der Waals surface area contributed by atoms with Crippen molar-refractivity contribution in [2.45, 2.75) is 127 Å². The smallest absolute Gasteiger partial charge is 0.245 e. The summed E-state index contributed by atoms with van der Waals surface area (Å²) in [6.45, 7) is 11.9. The molecule has 6 atom stereocenters. The minimum Gasteiger partial charge on any atom is -0.387 e. The molecule has 0 saturated carbocycles. The number of ether oxygens (including phenoxy) is 2. The van der Waals surface area contributed by atoms with Crippen LogP contribution in [0.5, 0.6) is 0 Å². The zero-order valence-electron chi connectivity index (χ0n) is 30.6. The van der Waals surface area contributed by atoms with Crippen molar-refractivity contribution in [3.8, 4) is 0 Å². The first kappa shape index (κ1) is 39.2. The number of benzene rings is 1. The van der Waals surface area contributed by atoms with E-state index in [1.165, 1.54) is 13.8 Å². The summed E-state index contributed by atoms with van der Waals surface area (Å²) >= 11 is 0. The molecule has 2 amide bonds. The van der Waals surface area contributed by atoms with Gasteiger partial charge in [0.25, 0.3) is 0 Å². The van der Waals surface area contributed by atoms with Gasteiger partial charge in [-0.25, -0.2) is 0 Å². The fraction of sp³-hybridized carbons (Fsp3) is 0.684. The van der Waals surface area contributed by atoms with Gasteiger partial charge in [0.2, 0.25) is 17.6 Å². The number of nitrogens with one attached hydrogen (secondary N) is 2. The number of aliphatic hydroxyl groups excluding tert-OH is 3. The molecule has 2 aliphatic heterocycles. The number of carbonyl (C=O) groups is 2. The quantitative estimate of drug-likeness (QED) is 0.163. The molecule has 11 nitrogen and oxygen atoms in total. The van der Waals surface area contributed by atoms with Gasteiger partial charge in [0, 0.05) is 24.9 Å². The Kier molecular flexibility index (Phi) is 11.9. The molecule has 1 unspecified atom stereocenters. The third kappa shape index (κ3) is 7.54. The van der Waals surface area contributed by atoms with Gasteiger partial charge in [-0.2, -0.15) is 0 Å². The van der Waals surface area contributed by atoms with Crippen molar-refractivity contribution < 1.29 is 39.5 Å². The number of hydrogen-bond donors (Lipinski definition) is 6. The lowest BCUT2D eigenvalue weighted by Gasteiger charge is -2.55. The van der Waals surface area contributed by atoms with Crippen LogP contribution in [0, 0.1) is 5.41 Å². The Labute approximate surface area is 291 Å². The standard InChI is InChI=1S/C38H59N3O8/c1-9-36(10-2,33(46)39-20-21-41(7)8)40-29(42)13-11-12-26-14-16-27(17-15-26)22-28-23-35(6,19-18-25(28)3)38-32(45)30(43)31(44)37(49-38,24-48-38)34(4,5)47/h14-19,30-32,43-45,47H,9-13,20-24H2,1-8H3,(H,39,46)(H,40,42)/t30-,31-,32+,35?,37-,38+/m0/s1. The van der Waals surface area contributed by atoms with E-state index in [4.69, 9.17) is 9.47 Å². The summed E-state index contributed by atoms with van der Waals surface area (Å²) < 4.78 is 12.6. The van der Waals surface area contributed by atoms with Crippen LogP contribution >= 0.6 is 0 Å². The van der Waals surface area contributed by atoms with Gasteiger partial charge in [-0.3, -0.25) is 9.59 Å². The molecule has 274 valence electrons. The lowest BCUT2D eigenvalue weighted by Crippen LogP contribution is -2.74. The molecule has 0 radical (unpaired) electrons. The molecule has 3 aliphatic rings. The maximum absolute atomic E-state index is 13.0. The Morgan fingerprint density at radius 3 is 2.27 bits per heavy atom. The van der Waals surface area contributed by atoms with Gasteiger partial charge in [0.15, 0.2) is 5.60 Å². The van der Waals surface area contributed by atoms with Crippen LogP contribution in [0.15, 0.2) is 47.6 Å². The average molecular weight is 686 g/mol. The number of aryl methyl sites for hydroxylation is 1. The Morgan fingerprint density at radius 2 is 1.67 bits per heavy atom. The van der Waals surface area contributed by atoms with Crippen LogP contribution in [0.2, 0.25) is 0 Å². The van der Waals surface area contributed by atoms with Crippen LogP contribution in [0.25, 0.3) is 0 Å². The van der Waals surface area contributed by atoms with Crippen LogP contribution in [0.3, 0.4) is 0 Å².